The first-order valence-electron chi connectivity index (χ1n) is 9.10. The molecule has 0 unspecified atom stereocenters. The van der Waals surface area contributed by atoms with E-state index >= 15 is 0 Å². The van der Waals surface area contributed by atoms with Gasteiger partial charge in [-0.05, 0) is 38.5 Å². The second-order valence-corrected chi connectivity index (χ2v) is 6.64. The molecular formula is C20H21N5O5. The van der Waals surface area contributed by atoms with E-state index in [1.807, 2.05) is 6.92 Å². The number of anilines is 1. The molecular weight excluding hydrogens is 390 g/mol. The topological polar surface area (TPSA) is 125 Å². The lowest BCUT2D eigenvalue weighted by Gasteiger charge is -2.12. The lowest BCUT2D eigenvalue weighted by atomic mass is 10.1. The molecule has 0 saturated heterocycles. The maximum Gasteiger partial charge on any atom is 0.337 e. The van der Waals surface area contributed by atoms with Crippen LogP contribution in [-0.2, 0) is 25.5 Å². The molecule has 1 aromatic carbocycles. The third-order valence-corrected chi connectivity index (χ3v) is 4.61. The number of fused-ring (bicyclic) bond motifs is 1. The van der Waals surface area contributed by atoms with Crippen molar-refractivity contribution in [1.29, 1.82) is 0 Å². The number of carbonyl (C=O) groups excluding carboxylic acids is 3. The van der Waals surface area contributed by atoms with Gasteiger partial charge in [0.15, 0.2) is 6.61 Å². The summed E-state index contributed by atoms with van der Waals surface area (Å²) >= 11 is 0. The zero-order valence-corrected chi connectivity index (χ0v) is 17.1. The number of hydrogen-bond donors (Lipinski definition) is 1. The maximum absolute atomic E-state index is 12.3. The zero-order valence-electron chi connectivity index (χ0n) is 17.1. The molecule has 0 fully saturated rings. The SMILES string of the molecule is COC(=O)c1ccc(C)c(NC(=O)COC(=O)Cc2c(C)nc3ncnn3c2C)c1. The minimum atomic E-state index is -0.572. The van der Waals surface area contributed by atoms with Gasteiger partial charge < -0.3 is 14.8 Å². The first-order chi connectivity index (χ1) is 14.3. The molecule has 0 aliphatic heterocycles. The number of hydrogen-bond acceptors (Lipinski definition) is 8. The standard InChI is InChI=1S/C20H21N5O5/c1-11-5-6-14(19(28)29-4)7-16(11)24-17(26)9-30-18(27)8-15-12(2)23-20-21-10-22-25(20)13(15)3/h5-7,10H,8-9H2,1-4H3,(H,24,26). The summed E-state index contributed by atoms with van der Waals surface area (Å²) in [6, 6.07) is 4.79. The van der Waals surface area contributed by atoms with Crippen molar-refractivity contribution in [3.63, 3.8) is 0 Å². The average Bonchev–Trinajstić information content (AvgIpc) is 3.19. The molecule has 10 heteroatoms. The second-order valence-electron chi connectivity index (χ2n) is 6.64. The fourth-order valence-electron chi connectivity index (χ4n) is 2.94. The van der Waals surface area contributed by atoms with Crippen LogP contribution in [0.2, 0.25) is 0 Å². The van der Waals surface area contributed by atoms with Gasteiger partial charge in [0.25, 0.3) is 11.7 Å². The number of carbonyl (C=O) groups is 3. The van der Waals surface area contributed by atoms with Crippen molar-refractivity contribution in [2.45, 2.75) is 27.2 Å². The van der Waals surface area contributed by atoms with Crippen LogP contribution in [0.5, 0.6) is 0 Å². The number of nitrogens with zero attached hydrogens (tertiary/aromatic N) is 4. The number of benzene rings is 1. The molecule has 3 aromatic rings. The van der Waals surface area contributed by atoms with Crippen LogP contribution in [0.1, 0.15) is 32.9 Å². The van der Waals surface area contributed by atoms with Crippen LogP contribution in [0.3, 0.4) is 0 Å². The quantitative estimate of drug-likeness (QED) is 0.606. The van der Waals surface area contributed by atoms with Gasteiger partial charge in [-0.1, -0.05) is 6.07 Å². The highest BCUT2D eigenvalue weighted by molar-refractivity contribution is 5.96. The van der Waals surface area contributed by atoms with Gasteiger partial charge >= 0.3 is 11.9 Å². The summed E-state index contributed by atoms with van der Waals surface area (Å²) in [5, 5.41) is 6.71. The minimum Gasteiger partial charge on any atom is -0.465 e. The van der Waals surface area contributed by atoms with Gasteiger partial charge in [-0.3, -0.25) is 9.59 Å². The van der Waals surface area contributed by atoms with E-state index < -0.39 is 24.5 Å². The highest BCUT2D eigenvalue weighted by atomic mass is 16.5. The molecule has 1 amide bonds. The predicted molar refractivity (Wildman–Crippen MR) is 106 cm³/mol. The largest absolute Gasteiger partial charge is 0.465 e. The third-order valence-electron chi connectivity index (χ3n) is 4.61. The molecule has 10 nitrogen and oxygen atoms in total. The van der Waals surface area contributed by atoms with Gasteiger partial charge in [0.2, 0.25) is 0 Å². The summed E-state index contributed by atoms with van der Waals surface area (Å²) in [6.45, 7) is 4.90. The second kappa shape index (κ2) is 8.68. The molecule has 0 aliphatic carbocycles. The van der Waals surface area contributed by atoms with Crippen LogP contribution in [0, 0.1) is 20.8 Å². The average molecular weight is 411 g/mol. The summed E-state index contributed by atoms with van der Waals surface area (Å²) in [7, 11) is 1.28. The minimum absolute atomic E-state index is 0.0510. The summed E-state index contributed by atoms with van der Waals surface area (Å²) in [6.07, 6.45) is 1.34. The molecule has 0 radical (unpaired) electrons. The lowest BCUT2D eigenvalue weighted by molar-refractivity contribution is -0.146. The molecule has 1 N–H and O–H groups in total. The van der Waals surface area contributed by atoms with E-state index in [4.69, 9.17) is 4.74 Å². The third kappa shape index (κ3) is 4.43. The van der Waals surface area contributed by atoms with Crippen molar-refractivity contribution >= 4 is 29.3 Å². The highest BCUT2D eigenvalue weighted by Gasteiger charge is 2.17. The maximum atomic E-state index is 12.3. The van der Waals surface area contributed by atoms with E-state index in [0.717, 1.165) is 11.3 Å². The first-order valence-corrected chi connectivity index (χ1v) is 9.10. The van der Waals surface area contributed by atoms with E-state index in [-0.39, 0.29) is 6.42 Å². The molecule has 2 aromatic heterocycles. The van der Waals surface area contributed by atoms with Crippen molar-refractivity contribution < 1.29 is 23.9 Å². The van der Waals surface area contributed by atoms with E-state index in [2.05, 4.69) is 25.1 Å². The Labute approximate surface area is 172 Å². The Morgan fingerprint density at radius 1 is 1.17 bits per heavy atom. The van der Waals surface area contributed by atoms with E-state index in [1.54, 1.807) is 30.5 Å². The van der Waals surface area contributed by atoms with Crippen molar-refractivity contribution in [2.24, 2.45) is 0 Å². The molecule has 3 rings (SSSR count). The number of aromatic nitrogens is 4. The van der Waals surface area contributed by atoms with Crippen LogP contribution in [0.4, 0.5) is 5.69 Å². The number of ether oxygens (including phenoxy) is 2. The number of rotatable bonds is 6. The molecule has 0 atom stereocenters. The fourth-order valence-corrected chi connectivity index (χ4v) is 2.94. The van der Waals surface area contributed by atoms with Crippen molar-refractivity contribution in [1.82, 2.24) is 19.6 Å². The Morgan fingerprint density at radius 3 is 2.67 bits per heavy atom. The van der Waals surface area contributed by atoms with Crippen LogP contribution >= 0.6 is 0 Å². The smallest absolute Gasteiger partial charge is 0.337 e. The van der Waals surface area contributed by atoms with Crippen molar-refractivity contribution in [3.05, 3.63) is 52.6 Å². The Morgan fingerprint density at radius 2 is 1.93 bits per heavy atom. The Bertz CT molecular complexity index is 1140. The number of aryl methyl sites for hydroxylation is 3. The predicted octanol–water partition coefficient (Wildman–Crippen LogP) is 1.56. The highest BCUT2D eigenvalue weighted by Crippen LogP contribution is 2.18. The Hall–Kier alpha value is -3.82. The fraction of sp³-hybridized carbons (Fsp3) is 0.300. The van der Waals surface area contributed by atoms with Crippen LogP contribution in [0.15, 0.2) is 24.5 Å². The van der Waals surface area contributed by atoms with E-state index in [1.165, 1.54) is 19.5 Å². The van der Waals surface area contributed by atoms with Crippen LogP contribution in [-0.4, -0.2) is 51.1 Å². The van der Waals surface area contributed by atoms with Crippen LogP contribution in [0.25, 0.3) is 5.78 Å². The summed E-state index contributed by atoms with van der Waals surface area (Å²) in [5.74, 6) is -1.16. The molecule has 156 valence electrons. The monoisotopic (exact) mass is 411 g/mol. The number of methoxy groups -OCH3 is 1. The molecule has 0 bridgehead atoms. The van der Waals surface area contributed by atoms with E-state index in [9.17, 15) is 14.4 Å². The molecule has 0 aliphatic rings. The number of esters is 2. The summed E-state index contributed by atoms with van der Waals surface area (Å²) in [4.78, 5) is 44.5. The molecule has 30 heavy (non-hydrogen) atoms. The van der Waals surface area contributed by atoms with Gasteiger partial charge in [0, 0.05) is 22.6 Å². The van der Waals surface area contributed by atoms with Gasteiger partial charge in [-0.25, -0.2) is 14.3 Å². The van der Waals surface area contributed by atoms with E-state index in [0.29, 0.717) is 28.3 Å². The van der Waals surface area contributed by atoms with Gasteiger partial charge in [-0.15, -0.1) is 0 Å². The lowest BCUT2D eigenvalue weighted by Crippen LogP contribution is -2.23. The van der Waals surface area contributed by atoms with Gasteiger partial charge in [0.05, 0.1) is 19.1 Å². The zero-order chi connectivity index (χ0) is 21.8. The molecule has 0 spiro atoms. The Balaban J connectivity index is 1.62. The molecule has 0 saturated carbocycles. The van der Waals surface area contributed by atoms with Crippen molar-refractivity contribution in [3.8, 4) is 0 Å². The van der Waals surface area contributed by atoms with Gasteiger partial charge in [0.1, 0.15) is 6.33 Å². The summed E-state index contributed by atoms with van der Waals surface area (Å²) < 4.78 is 11.3. The van der Waals surface area contributed by atoms with Crippen molar-refractivity contribution in [2.75, 3.05) is 19.0 Å². The van der Waals surface area contributed by atoms with Gasteiger partial charge in [-0.2, -0.15) is 10.1 Å². The normalized spacial score (nSPS) is 10.7. The summed E-state index contributed by atoms with van der Waals surface area (Å²) in [5.41, 5.74) is 3.53. The number of nitrogens with one attached hydrogen (secondary N) is 1. The Kier molecular flexibility index (Phi) is 6.05. The van der Waals surface area contributed by atoms with Crippen LogP contribution < -0.4 is 5.32 Å². The number of amides is 1. The first kappa shape index (κ1) is 20.9. The molecule has 2 heterocycles.